The number of piperidine rings is 1. The van der Waals surface area contributed by atoms with Gasteiger partial charge in [0.1, 0.15) is 11.4 Å². The molecule has 1 aliphatic rings. The molecule has 24 heavy (non-hydrogen) atoms. The van der Waals surface area contributed by atoms with Gasteiger partial charge in [-0.1, -0.05) is 12.1 Å². The Morgan fingerprint density at radius 2 is 1.79 bits per heavy atom. The average molecular weight is 399 g/mol. The van der Waals surface area contributed by atoms with Crippen LogP contribution in [0.5, 0.6) is 5.75 Å². The second-order valence-electron chi connectivity index (χ2n) is 6.78. The summed E-state index contributed by atoms with van der Waals surface area (Å²) in [7, 11) is 0. The molecule has 7 heteroatoms. The summed E-state index contributed by atoms with van der Waals surface area (Å²) in [6.45, 7) is 5.82. The Balaban J connectivity index is 2.08. The standard InChI is InChI=1S/C17H22BrNO5/c1-16(2,3)24-15(22)19-10-8-17(9-11-19,14(20)21)23-13-7-5-4-6-12(13)18/h4-7H,8-11H2,1-3H3,(H,20,21)/p-1. The zero-order valence-electron chi connectivity index (χ0n) is 14.0. The van der Waals surface area contributed by atoms with E-state index in [9.17, 15) is 14.7 Å². The van der Waals surface area contributed by atoms with Gasteiger partial charge in [0.15, 0.2) is 5.60 Å². The lowest BCUT2D eigenvalue weighted by Gasteiger charge is -2.42. The maximum Gasteiger partial charge on any atom is 0.410 e. The summed E-state index contributed by atoms with van der Waals surface area (Å²) in [4.78, 5) is 25.3. The monoisotopic (exact) mass is 398 g/mol. The lowest BCUT2D eigenvalue weighted by Crippen LogP contribution is -2.59. The second kappa shape index (κ2) is 7.01. The van der Waals surface area contributed by atoms with E-state index in [1.807, 2.05) is 6.07 Å². The van der Waals surface area contributed by atoms with E-state index in [0.717, 1.165) is 0 Å². The fourth-order valence-electron chi connectivity index (χ4n) is 2.46. The van der Waals surface area contributed by atoms with Crippen molar-refractivity contribution in [3.63, 3.8) is 0 Å². The maximum atomic E-state index is 12.1. The van der Waals surface area contributed by atoms with Crippen LogP contribution in [-0.2, 0) is 9.53 Å². The van der Waals surface area contributed by atoms with Crippen molar-refractivity contribution in [2.24, 2.45) is 0 Å². The Hall–Kier alpha value is -1.76. The first-order chi connectivity index (χ1) is 11.1. The van der Waals surface area contributed by atoms with Crippen molar-refractivity contribution < 1.29 is 24.2 Å². The summed E-state index contributed by atoms with van der Waals surface area (Å²) in [6.07, 6.45) is -0.179. The van der Waals surface area contributed by atoms with Crippen molar-refractivity contribution in [3.05, 3.63) is 28.7 Å². The molecule has 1 aromatic carbocycles. The van der Waals surface area contributed by atoms with E-state index in [-0.39, 0.29) is 25.9 Å². The quantitative estimate of drug-likeness (QED) is 0.780. The molecule has 1 fully saturated rings. The number of para-hydroxylation sites is 1. The number of ether oxygens (including phenoxy) is 2. The van der Waals surface area contributed by atoms with Gasteiger partial charge in [0.2, 0.25) is 0 Å². The average Bonchev–Trinajstić information content (AvgIpc) is 2.48. The van der Waals surface area contributed by atoms with Crippen LogP contribution in [0.1, 0.15) is 33.6 Å². The fourth-order valence-corrected chi connectivity index (χ4v) is 2.83. The van der Waals surface area contributed by atoms with Crippen LogP contribution in [0, 0.1) is 0 Å². The molecule has 6 nitrogen and oxygen atoms in total. The van der Waals surface area contributed by atoms with E-state index >= 15 is 0 Å². The number of hydrogen-bond acceptors (Lipinski definition) is 5. The Labute approximate surface area is 149 Å². The van der Waals surface area contributed by atoms with Crippen molar-refractivity contribution >= 4 is 28.0 Å². The van der Waals surface area contributed by atoms with Gasteiger partial charge in [-0.2, -0.15) is 0 Å². The topological polar surface area (TPSA) is 78.9 Å². The first kappa shape index (κ1) is 18.6. The van der Waals surface area contributed by atoms with Crippen molar-refractivity contribution in [2.75, 3.05) is 13.1 Å². The molecule has 0 aromatic heterocycles. The molecule has 0 saturated carbocycles. The van der Waals surface area contributed by atoms with Gasteiger partial charge in [-0.25, -0.2) is 4.79 Å². The predicted molar refractivity (Wildman–Crippen MR) is 89.5 cm³/mol. The molecule has 1 heterocycles. The number of rotatable bonds is 3. The molecule has 0 aliphatic carbocycles. The number of halogens is 1. The number of carbonyl (C=O) groups is 2. The first-order valence-corrected chi connectivity index (χ1v) is 8.55. The molecule has 0 unspecified atom stereocenters. The fraction of sp³-hybridized carbons (Fsp3) is 0.529. The van der Waals surface area contributed by atoms with Crippen molar-refractivity contribution in [1.29, 1.82) is 0 Å². The lowest BCUT2D eigenvalue weighted by molar-refractivity contribution is -0.324. The molecular weight excluding hydrogens is 378 g/mol. The van der Waals surface area contributed by atoms with Gasteiger partial charge < -0.3 is 24.3 Å². The van der Waals surface area contributed by atoms with E-state index in [4.69, 9.17) is 9.47 Å². The minimum Gasteiger partial charge on any atom is -0.546 e. The van der Waals surface area contributed by atoms with Gasteiger partial charge in [0.05, 0.1) is 10.4 Å². The Morgan fingerprint density at radius 3 is 2.29 bits per heavy atom. The Bertz CT molecular complexity index is 618. The molecule has 0 spiro atoms. The number of amides is 1. The number of carboxylic acid groups (broad SMARTS) is 1. The highest BCUT2D eigenvalue weighted by Crippen LogP contribution is 2.33. The van der Waals surface area contributed by atoms with E-state index in [0.29, 0.717) is 10.2 Å². The molecule has 1 saturated heterocycles. The minimum absolute atomic E-state index is 0.135. The van der Waals surface area contributed by atoms with Gasteiger partial charge in [0.25, 0.3) is 0 Å². The van der Waals surface area contributed by atoms with Gasteiger partial charge >= 0.3 is 6.09 Å². The maximum absolute atomic E-state index is 12.1. The summed E-state index contributed by atoms with van der Waals surface area (Å²) < 4.78 is 11.8. The molecule has 1 aliphatic heterocycles. The SMILES string of the molecule is CC(C)(C)OC(=O)N1CCC(Oc2ccccc2Br)(C(=O)[O-])CC1. The lowest BCUT2D eigenvalue weighted by atomic mass is 9.91. The van der Waals surface area contributed by atoms with Gasteiger partial charge in [-0.3, -0.25) is 0 Å². The van der Waals surface area contributed by atoms with Gasteiger partial charge in [-0.05, 0) is 48.8 Å². The normalized spacial score (nSPS) is 17.2. The molecule has 0 radical (unpaired) electrons. The first-order valence-electron chi connectivity index (χ1n) is 7.76. The zero-order chi connectivity index (χ0) is 18.0. The molecule has 132 valence electrons. The van der Waals surface area contributed by atoms with E-state index in [1.54, 1.807) is 39.0 Å². The Morgan fingerprint density at radius 1 is 1.21 bits per heavy atom. The van der Waals surface area contributed by atoms with Crippen LogP contribution in [0.15, 0.2) is 28.7 Å². The molecular formula is C17H21BrNO5-. The third kappa shape index (κ3) is 4.41. The second-order valence-corrected chi connectivity index (χ2v) is 7.64. The molecule has 0 N–H and O–H groups in total. The number of nitrogens with zero attached hydrogens (tertiary/aromatic N) is 1. The van der Waals surface area contributed by atoms with E-state index in [1.165, 1.54) is 4.90 Å². The number of carbonyl (C=O) groups excluding carboxylic acids is 2. The van der Waals surface area contributed by atoms with Crippen LogP contribution in [-0.4, -0.2) is 41.3 Å². The van der Waals surface area contributed by atoms with Crippen LogP contribution in [0.2, 0.25) is 0 Å². The third-order valence-corrected chi connectivity index (χ3v) is 4.39. The number of carboxylic acids is 1. The molecule has 1 aromatic rings. The smallest absolute Gasteiger partial charge is 0.410 e. The van der Waals surface area contributed by atoms with Gasteiger partial charge in [-0.15, -0.1) is 0 Å². The third-order valence-electron chi connectivity index (χ3n) is 3.74. The van der Waals surface area contributed by atoms with E-state index in [2.05, 4.69) is 15.9 Å². The predicted octanol–water partition coefficient (Wildman–Crippen LogP) is 2.35. The summed E-state index contributed by atoms with van der Waals surface area (Å²) >= 11 is 3.34. The van der Waals surface area contributed by atoms with Crippen LogP contribution < -0.4 is 9.84 Å². The summed E-state index contributed by atoms with van der Waals surface area (Å²) in [5.74, 6) is -0.838. The van der Waals surface area contributed by atoms with Crippen LogP contribution in [0.4, 0.5) is 4.79 Å². The molecule has 2 rings (SSSR count). The summed E-state index contributed by atoms with van der Waals surface area (Å²) in [6, 6.07) is 7.04. The molecule has 0 atom stereocenters. The minimum atomic E-state index is -1.46. The number of aliphatic carboxylic acids is 1. The van der Waals surface area contributed by atoms with Crippen molar-refractivity contribution in [1.82, 2.24) is 4.90 Å². The van der Waals surface area contributed by atoms with Gasteiger partial charge in [0, 0.05) is 25.9 Å². The Kier molecular flexibility index (Phi) is 5.42. The summed E-state index contributed by atoms with van der Waals surface area (Å²) in [5, 5.41) is 11.7. The molecule has 1 amide bonds. The number of benzene rings is 1. The van der Waals surface area contributed by atoms with Crippen molar-refractivity contribution in [3.8, 4) is 5.75 Å². The van der Waals surface area contributed by atoms with Crippen LogP contribution >= 0.6 is 15.9 Å². The highest BCUT2D eigenvalue weighted by Gasteiger charge is 2.40. The van der Waals surface area contributed by atoms with Crippen LogP contribution in [0.3, 0.4) is 0 Å². The van der Waals surface area contributed by atoms with E-state index < -0.39 is 23.3 Å². The highest BCUT2D eigenvalue weighted by atomic mass is 79.9. The van der Waals surface area contributed by atoms with Crippen molar-refractivity contribution in [2.45, 2.75) is 44.8 Å². The number of hydrogen-bond donors (Lipinski definition) is 0. The number of likely N-dealkylation sites (tertiary alicyclic amines) is 1. The highest BCUT2D eigenvalue weighted by molar-refractivity contribution is 9.10. The zero-order valence-corrected chi connectivity index (χ0v) is 15.6. The molecule has 0 bridgehead atoms. The summed E-state index contributed by atoms with van der Waals surface area (Å²) in [5.41, 5.74) is -2.05. The van der Waals surface area contributed by atoms with Crippen LogP contribution in [0.25, 0.3) is 0 Å². The largest absolute Gasteiger partial charge is 0.546 e.